The summed E-state index contributed by atoms with van der Waals surface area (Å²) in [6.07, 6.45) is 2.84. The molecule has 0 aliphatic carbocycles. The van der Waals surface area contributed by atoms with Gasteiger partial charge in [0.1, 0.15) is 5.15 Å². The highest BCUT2D eigenvalue weighted by Gasteiger charge is 2.09. The summed E-state index contributed by atoms with van der Waals surface area (Å²) < 4.78 is 0.807. The molecule has 0 spiro atoms. The molecular formula is C13H14BrClN2S. The van der Waals surface area contributed by atoms with E-state index in [4.69, 9.17) is 11.6 Å². The first-order chi connectivity index (χ1) is 8.60. The predicted molar refractivity (Wildman–Crippen MR) is 82.7 cm³/mol. The third-order valence-corrected chi connectivity index (χ3v) is 5.18. The van der Waals surface area contributed by atoms with Gasteiger partial charge in [-0.2, -0.15) is 0 Å². The third-order valence-electron chi connectivity index (χ3n) is 2.64. The average Bonchev–Trinajstić information content (AvgIpc) is 2.82. The Morgan fingerprint density at radius 2 is 2.28 bits per heavy atom. The Morgan fingerprint density at radius 3 is 2.89 bits per heavy atom. The first kappa shape index (κ1) is 13.8. The quantitative estimate of drug-likeness (QED) is 0.761. The normalized spacial score (nSPS) is 12.4. The highest BCUT2D eigenvalue weighted by molar-refractivity contribution is 9.10. The summed E-state index contributed by atoms with van der Waals surface area (Å²) in [5.41, 5.74) is 0.963. The lowest BCUT2D eigenvalue weighted by molar-refractivity contribution is 0.905. The fourth-order valence-corrected chi connectivity index (χ4v) is 3.05. The van der Waals surface area contributed by atoms with Gasteiger partial charge in [0.25, 0.3) is 0 Å². The molecule has 2 rings (SSSR count). The standard InChI is InChI=1S/C13H14BrClN2S/c1-3-10-4-5-12(18-10)8(2)17-9-6-11(14)13(15)16-7-9/h4-8,17H,3H2,1-2H3. The van der Waals surface area contributed by atoms with E-state index in [0.29, 0.717) is 5.15 Å². The van der Waals surface area contributed by atoms with E-state index in [0.717, 1.165) is 16.6 Å². The minimum Gasteiger partial charge on any atom is -0.376 e. The Bertz CT molecular complexity index is 542. The minimum atomic E-state index is 0.269. The molecule has 0 saturated heterocycles. The summed E-state index contributed by atoms with van der Waals surface area (Å²) >= 11 is 11.1. The van der Waals surface area contributed by atoms with Crippen molar-refractivity contribution in [1.82, 2.24) is 4.98 Å². The molecule has 5 heteroatoms. The molecule has 0 radical (unpaired) electrons. The van der Waals surface area contributed by atoms with E-state index in [-0.39, 0.29) is 6.04 Å². The number of hydrogen-bond donors (Lipinski definition) is 1. The van der Waals surface area contributed by atoms with Crippen LogP contribution in [0.5, 0.6) is 0 Å². The molecule has 2 aromatic heterocycles. The van der Waals surface area contributed by atoms with Crippen LogP contribution >= 0.6 is 38.9 Å². The van der Waals surface area contributed by atoms with Crippen LogP contribution in [0.1, 0.15) is 29.6 Å². The molecule has 2 heterocycles. The monoisotopic (exact) mass is 344 g/mol. The zero-order chi connectivity index (χ0) is 13.1. The van der Waals surface area contributed by atoms with Gasteiger partial charge in [0.05, 0.1) is 22.4 Å². The van der Waals surface area contributed by atoms with Crippen molar-refractivity contribution in [3.63, 3.8) is 0 Å². The van der Waals surface area contributed by atoms with Crippen molar-refractivity contribution in [3.8, 4) is 0 Å². The van der Waals surface area contributed by atoms with Gasteiger partial charge in [-0.05, 0) is 47.5 Å². The second kappa shape index (κ2) is 6.04. The molecule has 1 unspecified atom stereocenters. The van der Waals surface area contributed by atoms with Gasteiger partial charge in [0.2, 0.25) is 0 Å². The van der Waals surface area contributed by atoms with Crippen molar-refractivity contribution in [3.05, 3.63) is 43.8 Å². The number of halogens is 2. The third kappa shape index (κ3) is 3.25. The lowest BCUT2D eigenvalue weighted by Crippen LogP contribution is -2.05. The maximum atomic E-state index is 5.87. The molecular weight excluding hydrogens is 332 g/mol. The molecule has 96 valence electrons. The zero-order valence-electron chi connectivity index (χ0n) is 10.2. The van der Waals surface area contributed by atoms with Crippen LogP contribution in [0.3, 0.4) is 0 Å². The smallest absolute Gasteiger partial charge is 0.143 e. The van der Waals surface area contributed by atoms with Crippen molar-refractivity contribution in [2.24, 2.45) is 0 Å². The molecule has 0 aliphatic heterocycles. The summed E-state index contributed by atoms with van der Waals surface area (Å²) in [6.45, 7) is 4.32. The Hall–Kier alpha value is -0.580. The molecule has 18 heavy (non-hydrogen) atoms. The molecule has 0 saturated carbocycles. The first-order valence-electron chi connectivity index (χ1n) is 5.76. The van der Waals surface area contributed by atoms with Gasteiger partial charge in [-0.1, -0.05) is 18.5 Å². The molecule has 0 amide bonds. The summed E-state index contributed by atoms with van der Waals surface area (Å²) in [6, 6.07) is 6.58. The SMILES string of the molecule is CCc1ccc(C(C)Nc2cnc(Cl)c(Br)c2)s1. The van der Waals surface area contributed by atoms with Gasteiger partial charge < -0.3 is 5.32 Å². The van der Waals surface area contributed by atoms with Crippen molar-refractivity contribution in [2.45, 2.75) is 26.3 Å². The molecule has 0 bridgehead atoms. The average molecular weight is 346 g/mol. The minimum absolute atomic E-state index is 0.269. The van der Waals surface area contributed by atoms with Crippen molar-refractivity contribution in [1.29, 1.82) is 0 Å². The zero-order valence-corrected chi connectivity index (χ0v) is 13.4. The van der Waals surface area contributed by atoms with Crippen LogP contribution in [0.2, 0.25) is 5.15 Å². The highest BCUT2D eigenvalue weighted by atomic mass is 79.9. The fraction of sp³-hybridized carbons (Fsp3) is 0.308. The maximum Gasteiger partial charge on any atom is 0.143 e. The molecule has 0 aromatic carbocycles. The number of rotatable bonds is 4. The molecule has 1 atom stereocenters. The highest BCUT2D eigenvalue weighted by Crippen LogP contribution is 2.28. The van der Waals surface area contributed by atoms with Gasteiger partial charge in [-0.3, -0.25) is 0 Å². The van der Waals surface area contributed by atoms with Gasteiger partial charge in [0.15, 0.2) is 0 Å². The van der Waals surface area contributed by atoms with Crippen LogP contribution in [0.25, 0.3) is 0 Å². The molecule has 0 aliphatic rings. The molecule has 0 fully saturated rings. The number of hydrogen-bond acceptors (Lipinski definition) is 3. The van der Waals surface area contributed by atoms with Crippen molar-refractivity contribution >= 4 is 44.6 Å². The number of aryl methyl sites for hydroxylation is 1. The van der Waals surface area contributed by atoms with E-state index in [2.05, 4.69) is 52.2 Å². The van der Waals surface area contributed by atoms with Crippen LogP contribution < -0.4 is 5.32 Å². The second-order valence-corrected chi connectivity index (χ2v) is 6.43. The van der Waals surface area contributed by atoms with Crippen LogP contribution in [0.4, 0.5) is 5.69 Å². The Kier molecular flexibility index (Phi) is 4.65. The van der Waals surface area contributed by atoms with Gasteiger partial charge in [-0.15, -0.1) is 11.3 Å². The topological polar surface area (TPSA) is 24.9 Å². The van der Waals surface area contributed by atoms with Gasteiger partial charge in [0, 0.05) is 9.75 Å². The Labute approximate surface area is 125 Å². The van der Waals surface area contributed by atoms with E-state index in [9.17, 15) is 0 Å². The van der Waals surface area contributed by atoms with Crippen molar-refractivity contribution < 1.29 is 0 Å². The van der Waals surface area contributed by atoms with Crippen LogP contribution in [0, 0.1) is 0 Å². The lowest BCUT2D eigenvalue weighted by Gasteiger charge is -2.13. The first-order valence-corrected chi connectivity index (χ1v) is 7.75. The number of anilines is 1. The summed E-state index contributed by atoms with van der Waals surface area (Å²) in [5, 5.41) is 3.91. The fourth-order valence-electron chi connectivity index (χ4n) is 1.64. The van der Waals surface area contributed by atoms with Crippen LogP contribution in [-0.4, -0.2) is 4.98 Å². The molecule has 2 nitrogen and oxygen atoms in total. The van der Waals surface area contributed by atoms with Gasteiger partial charge in [-0.25, -0.2) is 4.98 Å². The largest absolute Gasteiger partial charge is 0.376 e. The van der Waals surface area contributed by atoms with E-state index in [1.165, 1.54) is 9.75 Å². The van der Waals surface area contributed by atoms with Crippen molar-refractivity contribution in [2.75, 3.05) is 5.32 Å². The second-order valence-electron chi connectivity index (χ2n) is 4.02. The van der Waals surface area contributed by atoms with E-state index < -0.39 is 0 Å². The number of nitrogens with one attached hydrogen (secondary N) is 1. The van der Waals surface area contributed by atoms with E-state index in [1.54, 1.807) is 6.20 Å². The number of pyridine rings is 1. The van der Waals surface area contributed by atoms with E-state index in [1.807, 2.05) is 17.4 Å². The lowest BCUT2D eigenvalue weighted by atomic mass is 10.2. The predicted octanol–water partition coefficient (Wildman–Crippen LogP) is 5.29. The maximum absolute atomic E-state index is 5.87. The Morgan fingerprint density at radius 1 is 1.50 bits per heavy atom. The summed E-state index contributed by atoms with van der Waals surface area (Å²) in [5.74, 6) is 0. The molecule has 2 aromatic rings. The van der Waals surface area contributed by atoms with Crippen LogP contribution in [0.15, 0.2) is 28.9 Å². The summed E-state index contributed by atoms with van der Waals surface area (Å²) in [7, 11) is 0. The molecule has 1 N–H and O–H groups in total. The number of nitrogens with zero attached hydrogens (tertiary/aromatic N) is 1. The number of thiophene rings is 1. The van der Waals surface area contributed by atoms with Crippen LogP contribution in [-0.2, 0) is 6.42 Å². The Balaban J connectivity index is 2.10. The number of aromatic nitrogens is 1. The summed E-state index contributed by atoms with van der Waals surface area (Å²) in [4.78, 5) is 6.85. The van der Waals surface area contributed by atoms with E-state index >= 15 is 0 Å². The van der Waals surface area contributed by atoms with Gasteiger partial charge >= 0.3 is 0 Å².